The largest absolute Gasteiger partial charge is 0.462 e. The van der Waals surface area contributed by atoms with Gasteiger partial charge in [-0.05, 0) is 55.3 Å². The van der Waals surface area contributed by atoms with Crippen LogP contribution in [0.1, 0.15) is 13.8 Å². The Bertz CT molecular complexity index is 1420. The summed E-state index contributed by atoms with van der Waals surface area (Å²) < 4.78 is 49.8. The van der Waals surface area contributed by atoms with Gasteiger partial charge in [-0.3, -0.25) is 0 Å². The first-order chi connectivity index (χ1) is 18.2. The monoisotopic (exact) mass is 518 g/mol. The Balaban J connectivity index is 1.66. The number of carbonyl (C=O) groups excluding carboxylic acids is 2. The molecule has 38 heavy (non-hydrogen) atoms. The molecule has 0 heterocycles. The van der Waals surface area contributed by atoms with Crippen LogP contribution < -0.4 is 9.47 Å². The molecule has 0 fully saturated rings. The normalized spacial score (nSPS) is 10.8. The molecule has 3 rings (SSSR count). The van der Waals surface area contributed by atoms with E-state index in [1.807, 2.05) is 0 Å². The molecule has 0 radical (unpaired) electrons. The van der Waals surface area contributed by atoms with Crippen LogP contribution in [0.2, 0.25) is 0 Å². The van der Waals surface area contributed by atoms with Crippen LogP contribution in [-0.2, 0) is 19.1 Å². The van der Waals surface area contributed by atoms with Crippen LogP contribution in [0.15, 0.2) is 110 Å². The van der Waals surface area contributed by atoms with Crippen molar-refractivity contribution in [3.63, 3.8) is 0 Å². The lowest BCUT2D eigenvalue weighted by Gasteiger charge is -2.10. The van der Waals surface area contributed by atoms with Crippen molar-refractivity contribution < 1.29 is 37.3 Å². The molecule has 0 saturated carbocycles. The van der Waals surface area contributed by atoms with E-state index >= 15 is 0 Å². The second-order valence-corrected chi connectivity index (χ2v) is 8.01. The van der Waals surface area contributed by atoms with E-state index in [9.17, 15) is 18.4 Å². The van der Waals surface area contributed by atoms with Crippen molar-refractivity contribution in [2.75, 3.05) is 0 Å². The zero-order chi connectivity index (χ0) is 27.7. The molecular weight excluding hydrogens is 494 g/mol. The zero-order valence-electron chi connectivity index (χ0n) is 20.7. The van der Waals surface area contributed by atoms with Gasteiger partial charge >= 0.3 is 11.9 Å². The van der Waals surface area contributed by atoms with Crippen molar-refractivity contribution >= 4 is 11.9 Å². The maximum Gasteiger partial charge on any atom is 0.338 e. The van der Waals surface area contributed by atoms with Gasteiger partial charge in [-0.15, -0.1) is 0 Å². The SMILES string of the molecule is C=C(C)C(=O)OC=COc1ccc(-c2ccc(-c3ccc(OC=COC(=O)C(=C)C)cc3F)c(F)c2)cc1. The van der Waals surface area contributed by atoms with Gasteiger partial charge in [-0.1, -0.05) is 37.4 Å². The van der Waals surface area contributed by atoms with E-state index in [4.69, 9.17) is 18.9 Å². The van der Waals surface area contributed by atoms with E-state index in [2.05, 4.69) is 13.2 Å². The number of halogens is 2. The summed E-state index contributed by atoms with van der Waals surface area (Å²) >= 11 is 0. The quantitative estimate of drug-likeness (QED) is 0.160. The minimum Gasteiger partial charge on any atom is -0.462 e. The average molecular weight is 519 g/mol. The molecule has 0 amide bonds. The molecule has 0 spiro atoms. The first kappa shape index (κ1) is 27.6. The summed E-state index contributed by atoms with van der Waals surface area (Å²) in [4.78, 5) is 22.6. The Labute approximate surface area is 218 Å². The van der Waals surface area contributed by atoms with Crippen LogP contribution in [-0.4, -0.2) is 11.9 Å². The Hall–Kier alpha value is -4.98. The molecule has 8 heteroatoms. The number of esters is 2. The van der Waals surface area contributed by atoms with E-state index in [1.165, 1.54) is 44.4 Å². The Morgan fingerprint density at radius 1 is 0.632 bits per heavy atom. The van der Waals surface area contributed by atoms with Gasteiger partial charge < -0.3 is 18.9 Å². The fraction of sp³-hybridized carbons (Fsp3) is 0.0667. The predicted molar refractivity (Wildman–Crippen MR) is 139 cm³/mol. The van der Waals surface area contributed by atoms with Gasteiger partial charge in [0.15, 0.2) is 0 Å². The van der Waals surface area contributed by atoms with Gasteiger partial charge in [0, 0.05) is 28.3 Å². The number of hydrogen-bond donors (Lipinski definition) is 0. The van der Waals surface area contributed by atoms with Crippen molar-refractivity contribution in [3.05, 3.63) is 122 Å². The maximum atomic E-state index is 15.0. The van der Waals surface area contributed by atoms with Gasteiger partial charge in [0.25, 0.3) is 0 Å². The molecule has 0 bridgehead atoms. The number of rotatable bonds is 10. The number of ether oxygens (including phenoxy) is 4. The molecule has 0 aliphatic carbocycles. The average Bonchev–Trinajstić information content (AvgIpc) is 2.89. The van der Waals surface area contributed by atoms with E-state index in [1.54, 1.807) is 30.3 Å². The second kappa shape index (κ2) is 12.8. The molecule has 194 valence electrons. The minimum atomic E-state index is -0.690. The predicted octanol–water partition coefficient (Wildman–Crippen LogP) is 7.24. The summed E-state index contributed by atoms with van der Waals surface area (Å²) in [6.45, 7) is 9.94. The topological polar surface area (TPSA) is 71.1 Å². The van der Waals surface area contributed by atoms with Crippen LogP contribution in [0.25, 0.3) is 22.3 Å². The molecular formula is C30H24F2O6. The molecule has 3 aromatic rings. The summed E-state index contributed by atoms with van der Waals surface area (Å²) in [7, 11) is 0. The van der Waals surface area contributed by atoms with Crippen LogP contribution in [0.5, 0.6) is 11.5 Å². The molecule has 0 N–H and O–H groups in total. The van der Waals surface area contributed by atoms with E-state index < -0.39 is 23.6 Å². The van der Waals surface area contributed by atoms with Gasteiger partial charge in [-0.25, -0.2) is 18.4 Å². The first-order valence-electron chi connectivity index (χ1n) is 11.2. The van der Waals surface area contributed by atoms with Gasteiger partial charge in [0.05, 0.1) is 0 Å². The molecule has 0 aliphatic rings. The summed E-state index contributed by atoms with van der Waals surface area (Å²) in [6, 6.07) is 15.2. The zero-order valence-corrected chi connectivity index (χ0v) is 20.7. The molecule has 0 atom stereocenters. The third kappa shape index (κ3) is 7.51. The van der Waals surface area contributed by atoms with Crippen molar-refractivity contribution in [1.82, 2.24) is 0 Å². The summed E-state index contributed by atoms with van der Waals surface area (Å²) in [5.74, 6) is -1.87. The summed E-state index contributed by atoms with van der Waals surface area (Å²) in [5, 5.41) is 0. The summed E-state index contributed by atoms with van der Waals surface area (Å²) in [6.07, 6.45) is 4.41. The maximum absolute atomic E-state index is 15.0. The van der Waals surface area contributed by atoms with Crippen molar-refractivity contribution in [2.24, 2.45) is 0 Å². The first-order valence-corrected chi connectivity index (χ1v) is 11.2. The fourth-order valence-corrected chi connectivity index (χ4v) is 3.02. The van der Waals surface area contributed by atoms with Crippen LogP contribution in [0, 0.1) is 11.6 Å². The molecule has 0 unspecified atom stereocenters. The lowest BCUT2D eigenvalue weighted by atomic mass is 9.99. The van der Waals surface area contributed by atoms with Crippen LogP contribution in [0.3, 0.4) is 0 Å². The third-order valence-corrected chi connectivity index (χ3v) is 4.95. The third-order valence-electron chi connectivity index (χ3n) is 4.95. The van der Waals surface area contributed by atoms with E-state index in [0.717, 1.165) is 24.9 Å². The van der Waals surface area contributed by atoms with Crippen LogP contribution >= 0.6 is 0 Å². The standard InChI is InChI=1S/C30H24F2O6/c1-19(2)29(33)37-15-13-35-23-8-5-21(6-9-23)22-7-11-25(27(31)17-22)26-12-10-24(18-28(26)32)36-14-16-38-30(34)20(3)4/h5-18H,1,3H2,2,4H3. The Kier molecular flexibility index (Phi) is 9.31. The lowest BCUT2D eigenvalue weighted by molar-refractivity contribution is -0.134. The van der Waals surface area contributed by atoms with Crippen molar-refractivity contribution in [1.29, 1.82) is 0 Å². The number of carbonyl (C=O) groups is 2. The van der Waals surface area contributed by atoms with E-state index in [-0.39, 0.29) is 28.0 Å². The van der Waals surface area contributed by atoms with Crippen molar-refractivity contribution in [3.8, 4) is 33.8 Å². The van der Waals surface area contributed by atoms with Gasteiger partial charge in [0.2, 0.25) is 0 Å². The number of hydrogen-bond acceptors (Lipinski definition) is 6. The summed E-state index contributed by atoms with van der Waals surface area (Å²) in [5.41, 5.74) is 1.92. The fourth-order valence-electron chi connectivity index (χ4n) is 3.02. The molecule has 6 nitrogen and oxygen atoms in total. The highest BCUT2D eigenvalue weighted by Gasteiger charge is 2.13. The van der Waals surface area contributed by atoms with Crippen LogP contribution in [0.4, 0.5) is 8.78 Å². The van der Waals surface area contributed by atoms with Gasteiger partial charge in [0.1, 0.15) is 48.2 Å². The van der Waals surface area contributed by atoms with E-state index in [0.29, 0.717) is 16.9 Å². The molecule has 0 aliphatic heterocycles. The lowest BCUT2D eigenvalue weighted by Crippen LogP contribution is -1.99. The van der Waals surface area contributed by atoms with Crippen molar-refractivity contribution in [2.45, 2.75) is 13.8 Å². The Morgan fingerprint density at radius 3 is 1.58 bits per heavy atom. The minimum absolute atomic E-state index is 0.0574. The Morgan fingerprint density at radius 2 is 1.08 bits per heavy atom. The number of benzene rings is 3. The molecule has 0 saturated heterocycles. The second-order valence-electron chi connectivity index (χ2n) is 8.01. The van der Waals surface area contributed by atoms with Gasteiger partial charge in [-0.2, -0.15) is 0 Å². The highest BCUT2D eigenvalue weighted by molar-refractivity contribution is 5.87. The molecule has 0 aromatic heterocycles. The molecule has 3 aromatic carbocycles. The smallest absolute Gasteiger partial charge is 0.338 e. The highest BCUT2D eigenvalue weighted by atomic mass is 19.1. The highest BCUT2D eigenvalue weighted by Crippen LogP contribution is 2.32.